The van der Waals surface area contributed by atoms with Crippen molar-refractivity contribution in [2.75, 3.05) is 12.3 Å². The number of aliphatic hydroxyl groups excluding tert-OH is 3. The van der Waals surface area contributed by atoms with E-state index in [1.165, 1.54) is 10.8 Å². The fraction of sp³-hybridized carbons (Fsp3) is 0.455. The summed E-state index contributed by atoms with van der Waals surface area (Å²) in [7, 11) is 0. The summed E-state index contributed by atoms with van der Waals surface area (Å²) >= 11 is 0. The van der Waals surface area contributed by atoms with Crippen molar-refractivity contribution in [2.45, 2.75) is 24.0 Å². The first-order valence-corrected chi connectivity index (χ1v) is 6.01. The SMILES string of the molecule is Nc1ncnn2c([C@]3(N)O[C@H](CO)[C@@H](O)[C@H]3O)ccc12. The van der Waals surface area contributed by atoms with Crippen LogP contribution in [0.2, 0.25) is 0 Å². The minimum absolute atomic E-state index is 0.251. The minimum Gasteiger partial charge on any atom is -0.394 e. The molecule has 0 aliphatic carbocycles. The predicted octanol–water partition coefficient (Wildman–Crippen LogP) is -2.46. The number of aliphatic hydroxyl groups is 3. The van der Waals surface area contributed by atoms with Crippen molar-refractivity contribution in [2.24, 2.45) is 5.73 Å². The molecule has 0 bridgehead atoms. The third-order valence-electron chi connectivity index (χ3n) is 3.55. The number of anilines is 1. The topological polar surface area (TPSA) is 152 Å². The normalized spacial score (nSPS) is 33.9. The standard InChI is InChI=1S/C11H15N5O4/c12-10-5-1-2-7(16(5)15-4-14-10)11(13)9(19)8(18)6(3-17)20-11/h1-2,4,6,8-9,17-19H,3,13H2,(H2,12,14,15)/t6-,8-,9-,11+/m1/s1. The lowest BCUT2D eigenvalue weighted by atomic mass is 10.0. The van der Waals surface area contributed by atoms with Crippen molar-refractivity contribution in [3.05, 3.63) is 24.2 Å². The molecule has 0 saturated carbocycles. The number of ether oxygens (including phenoxy) is 1. The van der Waals surface area contributed by atoms with Crippen LogP contribution in [0.4, 0.5) is 5.82 Å². The fourth-order valence-corrected chi connectivity index (χ4v) is 2.45. The Balaban J connectivity index is 2.13. The molecule has 1 fully saturated rings. The van der Waals surface area contributed by atoms with Crippen LogP contribution in [0.15, 0.2) is 18.5 Å². The molecule has 2 aromatic rings. The van der Waals surface area contributed by atoms with E-state index in [1.807, 2.05) is 0 Å². The first-order chi connectivity index (χ1) is 9.49. The summed E-state index contributed by atoms with van der Waals surface area (Å²) in [5.41, 5.74) is 10.9. The molecule has 2 aromatic heterocycles. The van der Waals surface area contributed by atoms with Crippen LogP contribution in [0.1, 0.15) is 5.69 Å². The first-order valence-electron chi connectivity index (χ1n) is 6.01. The van der Waals surface area contributed by atoms with Crippen LogP contribution in [0.5, 0.6) is 0 Å². The van der Waals surface area contributed by atoms with E-state index >= 15 is 0 Å². The van der Waals surface area contributed by atoms with E-state index in [0.717, 1.165) is 0 Å². The van der Waals surface area contributed by atoms with Crippen LogP contribution < -0.4 is 11.5 Å². The average Bonchev–Trinajstić information content (AvgIpc) is 2.96. The quantitative estimate of drug-likeness (QED) is 0.406. The second-order valence-electron chi connectivity index (χ2n) is 4.73. The Hall–Kier alpha value is -1.78. The number of nitrogens with zero attached hydrogens (tertiary/aromatic N) is 3. The van der Waals surface area contributed by atoms with Crippen molar-refractivity contribution in [3.8, 4) is 0 Å². The van der Waals surface area contributed by atoms with Gasteiger partial charge in [-0.15, -0.1) is 0 Å². The van der Waals surface area contributed by atoms with Gasteiger partial charge in [0, 0.05) is 0 Å². The fourth-order valence-electron chi connectivity index (χ4n) is 2.45. The van der Waals surface area contributed by atoms with Gasteiger partial charge in [0.25, 0.3) is 0 Å². The largest absolute Gasteiger partial charge is 0.394 e. The van der Waals surface area contributed by atoms with Gasteiger partial charge in [-0.1, -0.05) is 0 Å². The Kier molecular flexibility index (Phi) is 2.88. The van der Waals surface area contributed by atoms with Crippen LogP contribution >= 0.6 is 0 Å². The summed E-state index contributed by atoms with van der Waals surface area (Å²) in [5.74, 6) is 0.251. The molecule has 0 aromatic carbocycles. The predicted molar refractivity (Wildman–Crippen MR) is 67.2 cm³/mol. The summed E-state index contributed by atoms with van der Waals surface area (Å²) in [6.45, 7) is -0.461. The molecule has 1 saturated heterocycles. The number of hydrogen-bond acceptors (Lipinski definition) is 8. The molecule has 0 unspecified atom stereocenters. The second-order valence-corrected chi connectivity index (χ2v) is 4.73. The average molecular weight is 281 g/mol. The molecular formula is C11H15N5O4. The highest BCUT2D eigenvalue weighted by atomic mass is 16.6. The first kappa shape index (κ1) is 13.2. The van der Waals surface area contributed by atoms with Gasteiger partial charge in [0.2, 0.25) is 0 Å². The zero-order valence-corrected chi connectivity index (χ0v) is 10.4. The molecule has 1 aliphatic heterocycles. The van der Waals surface area contributed by atoms with Gasteiger partial charge in [-0.3, -0.25) is 5.73 Å². The van der Waals surface area contributed by atoms with Crippen molar-refractivity contribution < 1.29 is 20.1 Å². The van der Waals surface area contributed by atoms with E-state index in [-0.39, 0.29) is 5.82 Å². The summed E-state index contributed by atoms with van der Waals surface area (Å²) in [4.78, 5) is 3.85. The van der Waals surface area contributed by atoms with Crippen molar-refractivity contribution >= 4 is 11.3 Å². The Bertz CT molecular complexity index is 647. The molecule has 108 valence electrons. The lowest BCUT2D eigenvalue weighted by Gasteiger charge is -2.26. The van der Waals surface area contributed by atoms with Gasteiger partial charge < -0.3 is 25.8 Å². The number of fused-ring (bicyclic) bond motifs is 1. The highest BCUT2D eigenvalue weighted by molar-refractivity contribution is 5.65. The number of hydrogen-bond donors (Lipinski definition) is 5. The molecule has 0 spiro atoms. The summed E-state index contributed by atoms with van der Waals surface area (Å²) < 4.78 is 6.81. The molecule has 1 aliphatic rings. The molecule has 3 heterocycles. The zero-order valence-electron chi connectivity index (χ0n) is 10.4. The molecular weight excluding hydrogens is 266 g/mol. The molecule has 7 N–H and O–H groups in total. The van der Waals surface area contributed by atoms with E-state index in [0.29, 0.717) is 11.2 Å². The van der Waals surface area contributed by atoms with E-state index in [1.54, 1.807) is 12.1 Å². The number of aromatic nitrogens is 3. The second kappa shape index (κ2) is 4.36. The summed E-state index contributed by atoms with van der Waals surface area (Å²) in [6, 6.07) is 3.21. The maximum Gasteiger partial charge on any atom is 0.189 e. The van der Waals surface area contributed by atoms with E-state index in [2.05, 4.69) is 10.1 Å². The minimum atomic E-state index is -1.69. The van der Waals surface area contributed by atoms with Crippen molar-refractivity contribution in [1.82, 2.24) is 14.6 Å². The van der Waals surface area contributed by atoms with Gasteiger partial charge in [0.15, 0.2) is 11.5 Å². The highest BCUT2D eigenvalue weighted by Gasteiger charge is 2.54. The maximum absolute atomic E-state index is 10.1. The van der Waals surface area contributed by atoms with E-state index < -0.39 is 30.6 Å². The van der Waals surface area contributed by atoms with Gasteiger partial charge >= 0.3 is 0 Å². The molecule has 9 nitrogen and oxygen atoms in total. The third-order valence-corrected chi connectivity index (χ3v) is 3.55. The van der Waals surface area contributed by atoms with Crippen LogP contribution in [0.3, 0.4) is 0 Å². The molecule has 4 atom stereocenters. The maximum atomic E-state index is 10.1. The van der Waals surface area contributed by atoms with E-state index in [4.69, 9.17) is 21.3 Å². The Morgan fingerprint density at radius 1 is 1.40 bits per heavy atom. The molecule has 20 heavy (non-hydrogen) atoms. The lowest BCUT2D eigenvalue weighted by molar-refractivity contribution is -0.0976. The van der Waals surface area contributed by atoms with Crippen LogP contribution in [-0.2, 0) is 10.5 Å². The molecule has 3 rings (SSSR count). The third kappa shape index (κ3) is 1.62. The smallest absolute Gasteiger partial charge is 0.189 e. The molecule has 0 radical (unpaired) electrons. The summed E-state index contributed by atoms with van der Waals surface area (Å²) in [5, 5.41) is 33.1. The van der Waals surface area contributed by atoms with Crippen molar-refractivity contribution in [1.29, 1.82) is 0 Å². The lowest BCUT2D eigenvalue weighted by Crippen LogP contribution is -2.49. The molecule has 0 amide bonds. The van der Waals surface area contributed by atoms with Gasteiger partial charge in [0.1, 0.15) is 30.2 Å². The zero-order chi connectivity index (χ0) is 14.5. The van der Waals surface area contributed by atoms with Gasteiger partial charge in [0.05, 0.1) is 12.3 Å². The Labute approximate surface area is 113 Å². The monoisotopic (exact) mass is 281 g/mol. The van der Waals surface area contributed by atoms with Crippen LogP contribution in [-0.4, -0.2) is 54.8 Å². The van der Waals surface area contributed by atoms with Crippen molar-refractivity contribution in [3.63, 3.8) is 0 Å². The van der Waals surface area contributed by atoms with Gasteiger partial charge in [-0.25, -0.2) is 9.50 Å². The highest BCUT2D eigenvalue weighted by Crippen LogP contribution is 2.36. The van der Waals surface area contributed by atoms with Crippen LogP contribution in [0, 0.1) is 0 Å². The van der Waals surface area contributed by atoms with E-state index in [9.17, 15) is 10.2 Å². The Morgan fingerprint density at radius 3 is 2.80 bits per heavy atom. The summed E-state index contributed by atoms with van der Waals surface area (Å²) in [6.07, 6.45) is -2.43. The van der Waals surface area contributed by atoms with Gasteiger partial charge in [-0.05, 0) is 12.1 Å². The number of rotatable bonds is 2. The Morgan fingerprint density at radius 2 is 2.15 bits per heavy atom. The number of nitrogens with two attached hydrogens (primary N) is 2. The molecule has 9 heteroatoms. The van der Waals surface area contributed by atoms with Crippen LogP contribution in [0.25, 0.3) is 5.52 Å². The van der Waals surface area contributed by atoms with Gasteiger partial charge in [-0.2, -0.15) is 5.10 Å². The number of nitrogen functional groups attached to an aromatic ring is 1.